The third-order valence-corrected chi connectivity index (χ3v) is 5.52. The van der Waals surface area contributed by atoms with Crippen LogP contribution in [0.5, 0.6) is 0 Å². The molecule has 1 saturated carbocycles. The molecule has 1 aliphatic carbocycles. The van der Waals surface area contributed by atoms with E-state index in [-0.39, 0.29) is 5.03 Å². The van der Waals surface area contributed by atoms with E-state index in [0.29, 0.717) is 30.6 Å². The van der Waals surface area contributed by atoms with Crippen molar-refractivity contribution in [2.75, 3.05) is 18.6 Å². The van der Waals surface area contributed by atoms with Gasteiger partial charge < -0.3 is 5.32 Å². The second-order valence-electron chi connectivity index (χ2n) is 5.29. The minimum atomic E-state index is -3.51. The number of hydrogen-bond donors (Lipinski definition) is 3. The van der Waals surface area contributed by atoms with Crippen LogP contribution in [-0.2, 0) is 16.6 Å². The van der Waals surface area contributed by atoms with Gasteiger partial charge >= 0.3 is 0 Å². The van der Waals surface area contributed by atoms with Crippen molar-refractivity contribution >= 4 is 21.8 Å². The Hall–Kier alpha value is -0.570. The van der Waals surface area contributed by atoms with E-state index in [9.17, 15) is 8.42 Å². The first-order chi connectivity index (χ1) is 9.53. The van der Waals surface area contributed by atoms with Gasteiger partial charge in [-0.1, -0.05) is 6.92 Å². The average Bonchev–Trinajstić information content (AvgIpc) is 3.10. The van der Waals surface area contributed by atoms with Crippen molar-refractivity contribution in [2.45, 2.75) is 37.4 Å². The van der Waals surface area contributed by atoms with Crippen molar-refractivity contribution in [2.24, 2.45) is 5.92 Å². The molecule has 1 aromatic heterocycles. The smallest absolute Gasteiger partial charge is 0.257 e. The molecule has 1 heterocycles. The fourth-order valence-corrected chi connectivity index (χ4v) is 3.85. The highest BCUT2D eigenvalue weighted by Gasteiger charge is 2.24. The summed E-state index contributed by atoms with van der Waals surface area (Å²) in [7, 11) is -3.51. The summed E-state index contributed by atoms with van der Waals surface area (Å²) in [5.41, 5.74) is 0.696. The van der Waals surface area contributed by atoms with E-state index in [0.717, 1.165) is 5.75 Å². The number of aromatic amines is 1. The molecular weight excluding hydrogens is 296 g/mol. The number of hydrogen-bond acceptors (Lipinski definition) is 5. The number of aromatic nitrogens is 2. The van der Waals surface area contributed by atoms with Crippen LogP contribution in [0.15, 0.2) is 11.2 Å². The second kappa shape index (κ2) is 6.93. The van der Waals surface area contributed by atoms with E-state index >= 15 is 0 Å². The van der Waals surface area contributed by atoms with E-state index in [1.165, 1.54) is 12.8 Å². The molecule has 1 aromatic rings. The third-order valence-electron chi connectivity index (χ3n) is 3.18. The van der Waals surface area contributed by atoms with Gasteiger partial charge in [-0.2, -0.15) is 16.9 Å². The maximum atomic E-state index is 12.3. The lowest BCUT2D eigenvalue weighted by Gasteiger charge is -2.12. The quantitative estimate of drug-likeness (QED) is 0.631. The number of thioether (sulfide) groups is 1. The topological polar surface area (TPSA) is 86.9 Å². The molecule has 20 heavy (non-hydrogen) atoms. The summed E-state index contributed by atoms with van der Waals surface area (Å²) < 4.78 is 27.2. The van der Waals surface area contributed by atoms with E-state index in [1.807, 2.05) is 13.2 Å². The largest absolute Gasteiger partial charge is 0.310 e. The first kappa shape index (κ1) is 15.8. The lowest BCUT2D eigenvalue weighted by atomic mass is 10.2. The lowest BCUT2D eigenvalue weighted by molar-refractivity contribution is 0.556. The van der Waals surface area contributed by atoms with Crippen LogP contribution < -0.4 is 10.0 Å². The molecule has 0 aliphatic heterocycles. The molecule has 1 atom stereocenters. The molecular formula is C12H22N4O2S2. The van der Waals surface area contributed by atoms with Crippen molar-refractivity contribution in [3.05, 3.63) is 11.8 Å². The Labute approximate surface area is 124 Å². The molecule has 3 N–H and O–H groups in total. The molecule has 0 aromatic carbocycles. The van der Waals surface area contributed by atoms with Crippen molar-refractivity contribution in [1.29, 1.82) is 0 Å². The molecule has 8 heteroatoms. The summed E-state index contributed by atoms with van der Waals surface area (Å²) >= 11 is 1.71. The van der Waals surface area contributed by atoms with Gasteiger partial charge in [0.1, 0.15) is 0 Å². The van der Waals surface area contributed by atoms with Crippen LogP contribution in [0.25, 0.3) is 0 Å². The molecule has 1 fully saturated rings. The zero-order chi connectivity index (χ0) is 14.6. The van der Waals surface area contributed by atoms with Gasteiger partial charge in [0.15, 0.2) is 5.03 Å². The molecule has 1 unspecified atom stereocenters. The Kier molecular flexibility index (Phi) is 5.48. The molecule has 1 aliphatic rings. The molecule has 0 saturated heterocycles. The zero-order valence-corrected chi connectivity index (χ0v) is 13.5. The summed E-state index contributed by atoms with van der Waals surface area (Å²) in [6, 6.07) is 0.537. The van der Waals surface area contributed by atoms with Crippen LogP contribution in [0.1, 0.15) is 25.3 Å². The summed E-state index contributed by atoms with van der Waals surface area (Å²) in [6.45, 7) is 3.01. The van der Waals surface area contributed by atoms with Gasteiger partial charge in [0.25, 0.3) is 10.0 Å². The van der Waals surface area contributed by atoms with E-state index in [2.05, 4.69) is 20.2 Å². The highest BCUT2D eigenvalue weighted by molar-refractivity contribution is 7.98. The molecule has 0 bridgehead atoms. The summed E-state index contributed by atoms with van der Waals surface area (Å²) in [5, 5.41) is 9.95. The average molecular weight is 318 g/mol. The van der Waals surface area contributed by atoms with Gasteiger partial charge in [0.05, 0.1) is 6.20 Å². The van der Waals surface area contributed by atoms with Crippen LogP contribution in [0.3, 0.4) is 0 Å². The van der Waals surface area contributed by atoms with Crippen LogP contribution in [0, 0.1) is 5.92 Å². The van der Waals surface area contributed by atoms with Crippen molar-refractivity contribution in [3.63, 3.8) is 0 Å². The van der Waals surface area contributed by atoms with Crippen molar-refractivity contribution in [1.82, 2.24) is 20.2 Å². The third kappa shape index (κ3) is 4.47. The van der Waals surface area contributed by atoms with E-state index < -0.39 is 10.0 Å². The Morgan fingerprint density at radius 3 is 2.95 bits per heavy atom. The second-order valence-corrected chi connectivity index (χ2v) is 7.91. The number of nitrogens with zero attached hydrogens (tertiary/aromatic N) is 1. The molecule has 114 valence electrons. The van der Waals surface area contributed by atoms with Crippen LogP contribution in [0.2, 0.25) is 0 Å². The maximum absolute atomic E-state index is 12.3. The van der Waals surface area contributed by atoms with Crippen molar-refractivity contribution < 1.29 is 8.42 Å². The first-order valence-corrected chi connectivity index (χ1v) is 9.65. The highest BCUT2D eigenvalue weighted by atomic mass is 32.2. The summed E-state index contributed by atoms with van der Waals surface area (Å²) in [6.07, 6.45) is 5.94. The highest BCUT2D eigenvalue weighted by Crippen LogP contribution is 2.20. The Morgan fingerprint density at radius 2 is 2.30 bits per heavy atom. The van der Waals surface area contributed by atoms with Crippen LogP contribution >= 0.6 is 11.8 Å². The predicted octanol–water partition coefficient (Wildman–Crippen LogP) is 0.939. The monoisotopic (exact) mass is 318 g/mol. The van der Waals surface area contributed by atoms with Gasteiger partial charge in [-0.15, -0.1) is 0 Å². The molecule has 2 rings (SSSR count). The minimum absolute atomic E-state index is 0.182. The van der Waals surface area contributed by atoms with Gasteiger partial charge in [0.2, 0.25) is 0 Å². The first-order valence-electron chi connectivity index (χ1n) is 6.77. The Bertz CT molecular complexity index is 525. The summed E-state index contributed by atoms with van der Waals surface area (Å²) in [4.78, 5) is 0. The maximum Gasteiger partial charge on any atom is 0.257 e. The van der Waals surface area contributed by atoms with Gasteiger partial charge in [0, 0.05) is 24.7 Å². The van der Waals surface area contributed by atoms with Crippen LogP contribution in [0.4, 0.5) is 0 Å². The summed E-state index contributed by atoms with van der Waals surface area (Å²) in [5.74, 6) is 1.23. The predicted molar refractivity (Wildman–Crippen MR) is 81.2 cm³/mol. The number of rotatable bonds is 9. The van der Waals surface area contributed by atoms with Crippen molar-refractivity contribution in [3.8, 4) is 0 Å². The fourth-order valence-electron chi connectivity index (χ4n) is 1.87. The van der Waals surface area contributed by atoms with Crippen LogP contribution in [-0.4, -0.2) is 43.2 Å². The SMILES string of the molecule is CSCC(C)CNS(=O)(=O)c1[nH]ncc1CNC1CC1. The Balaban J connectivity index is 1.95. The normalized spacial score (nSPS) is 17.3. The fraction of sp³-hybridized carbons (Fsp3) is 0.750. The Morgan fingerprint density at radius 1 is 1.55 bits per heavy atom. The van der Waals surface area contributed by atoms with Gasteiger partial charge in [-0.25, -0.2) is 13.1 Å². The van der Waals surface area contributed by atoms with Gasteiger partial charge in [-0.3, -0.25) is 5.10 Å². The minimum Gasteiger partial charge on any atom is -0.310 e. The van der Waals surface area contributed by atoms with E-state index in [1.54, 1.807) is 18.0 Å². The standard InChI is InChI=1S/C12H22N4O2S2/c1-9(8-19-2)5-15-20(17,18)12-10(7-14-16-12)6-13-11-3-4-11/h7,9,11,13,15H,3-6,8H2,1-2H3,(H,14,16). The zero-order valence-electron chi connectivity index (χ0n) is 11.8. The molecule has 6 nitrogen and oxygen atoms in total. The lowest BCUT2D eigenvalue weighted by Crippen LogP contribution is -2.30. The molecule has 0 amide bonds. The number of H-pyrrole nitrogens is 1. The van der Waals surface area contributed by atoms with Gasteiger partial charge in [-0.05, 0) is 30.8 Å². The number of nitrogens with one attached hydrogen (secondary N) is 3. The number of sulfonamides is 1. The molecule has 0 radical (unpaired) electrons. The van der Waals surface area contributed by atoms with E-state index in [4.69, 9.17) is 0 Å². The molecule has 0 spiro atoms.